The molecule has 5 rings (SSSR count). The number of pyridine rings is 1. The lowest BCUT2D eigenvalue weighted by Gasteiger charge is -2.25. The maximum atomic E-state index is 11.7. The molecule has 0 aliphatic carbocycles. The molecule has 0 radical (unpaired) electrons. The normalized spacial score (nSPS) is 13.4. The number of hydrogen-bond donors (Lipinski definition) is 3. The van der Waals surface area contributed by atoms with Gasteiger partial charge in [-0.15, -0.1) is 0 Å². The zero-order valence-electron chi connectivity index (χ0n) is 25.7. The molecule has 3 aromatic carbocycles. The van der Waals surface area contributed by atoms with E-state index in [9.17, 15) is 20.3 Å². The van der Waals surface area contributed by atoms with E-state index in [1.807, 2.05) is 38.1 Å². The van der Waals surface area contributed by atoms with Crippen molar-refractivity contribution >= 4 is 17.6 Å². The largest absolute Gasteiger partial charge is 0.488 e. The van der Waals surface area contributed by atoms with Crippen LogP contribution in [0.25, 0.3) is 11.1 Å². The van der Waals surface area contributed by atoms with Crippen molar-refractivity contribution in [2.45, 2.75) is 46.1 Å². The molecule has 0 amide bonds. The topological polar surface area (TPSA) is 143 Å². The molecule has 238 valence electrons. The number of ether oxygens (including phenoxy) is 4. The second kappa shape index (κ2) is 14.1. The van der Waals surface area contributed by atoms with Crippen LogP contribution in [-0.2, 0) is 24.6 Å². The quantitative estimate of drug-likeness (QED) is 0.175. The molecule has 0 saturated carbocycles. The number of aliphatic carboxylic acids is 1. The summed E-state index contributed by atoms with van der Waals surface area (Å²) >= 11 is 6.68. The molecule has 0 fully saturated rings. The van der Waals surface area contributed by atoms with Gasteiger partial charge in [0.2, 0.25) is 0 Å². The zero-order chi connectivity index (χ0) is 32.8. The highest BCUT2D eigenvalue weighted by Crippen LogP contribution is 2.41. The van der Waals surface area contributed by atoms with Gasteiger partial charge >= 0.3 is 5.97 Å². The third kappa shape index (κ3) is 7.02. The van der Waals surface area contributed by atoms with E-state index in [0.717, 1.165) is 39.3 Å². The number of nitrogens with zero attached hydrogens (tertiary/aromatic N) is 2. The Morgan fingerprint density at radius 2 is 1.78 bits per heavy atom. The molecular formula is C35H34ClN3O7. The fourth-order valence-corrected chi connectivity index (χ4v) is 5.31. The van der Waals surface area contributed by atoms with Gasteiger partial charge in [-0.3, -0.25) is 15.1 Å². The molecule has 1 aliphatic heterocycles. The summed E-state index contributed by atoms with van der Waals surface area (Å²) in [5, 5.41) is 31.7. The molecule has 46 heavy (non-hydrogen) atoms. The zero-order valence-corrected chi connectivity index (χ0v) is 26.5. The number of aliphatic hydroxyl groups is 1. The van der Waals surface area contributed by atoms with Crippen LogP contribution in [0.5, 0.6) is 23.0 Å². The van der Waals surface area contributed by atoms with Gasteiger partial charge in [0.1, 0.15) is 49.5 Å². The van der Waals surface area contributed by atoms with Crippen LogP contribution in [-0.4, -0.2) is 46.5 Å². The van der Waals surface area contributed by atoms with Crippen LogP contribution in [0, 0.1) is 25.2 Å². The predicted octanol–water partition coefficient (Wildman–Crippen LogP) is 5.74. The molecule has 3 N–H and O–H groups in total. The standard InChI is InChI=1S/C35H34ClN3O7/c1-21-25(5-4-6-27(21)28-7-8-30-33(22(28)2)44-10-9-43-30)19-46-32-13-31(45-18-24-11-23(14-37)15-38-16-24)26(12-29(32)36)17-39-35(3,20-40)34(41)42/h4-8,11-13,15-16,39-40H,9-10,17-20H2,1-3H3,(H,41,42)/t35-/m0/s1. The van der Waals surface area contributed by atoms with Crippen molar-refractivity contribution in [2.24, 2.45) is 0 Å². The highest BCUT2D eigenvalue weighted by atomic mass is 35.5. The Balaban J connectivity index is 1.41. The first kappa shape index (κ1) is 32.6. The van der Waals surface area contributed by atoms with Gasteiger partial charge < -0.3 is 29.2 Å². The van der Waals surface area contributed by atoms with Gasteiger partial charge in [-0.05, 0) is 61.2 Å². The number of carbonyl (C=O) groups is 1. The summed E-state index contributed by atoms with van der Waals surface area (Å²) in [4.78, 5) is 15.8. The second-order valence-electron chi connectivity index (χ2n) is 11.2. The Kier molecular flexibility index (Phi) is 9.97. The number of carboxylic acid groups (broad SMARTS) is 1. The Hall–Kier alpha value is -4.82. The van der Waals surface area contributed by atoms with Crippen LogP contribution in [0.2, 0.25) is 5.02 Å². The fourth-order valence-electron chi connectivity index (χ4n) is 5.07. The van der Waals surface area contributed by atoms with Crippen molar-refractivity contribution in [3.63, 3.8) is 0 Å². The summed E-state index contributed by atoms with van der Waals surface area (Å²) in [7, 11) is 0. The van der Waals surface area contributed by atoms with E-state index in [4.69, 9.17) is 30.5 Å². The molecule has 1 atom stereocenters. The highest BCUT2D eigenvalue weighted by molar-refractivity contribution is 6.32. The van der Waals surface area contributed by atoms with Crippen molar-refractivity contribution in [2.75, 3.05) is 19.8 Å². The third-order valence-electron chi connectivity index (χ3n) is 7.97. The minimum absolute atomic E-state index is 0.0330. The lowest BCUT2D eigenvalue weighted by Crippen LogP contribution is -2.52. The van der Waals surface area contributed by atoms with E-state index in [-0.39, 0.29) is 19.8 Å². The van der Waals surface area contributed by atoms with Crippen molar-refractivity contribution < 1.29 is 34.0 Å². The molecule has 0 saturated heterocycles. The van der Waals surface area contributed by atoms with Gasteiger partial charge in [0.15, 0.2) is 11.5 Å². The molecule has 1 aliphatic rings. The number of aliphatic hydroxyl groups excluding tert-OH is 1. The summed E-state index contributed by atoms with van der Waals surface area (Å²) in [6, 6.07) is 17.0. The van der Waals surface area contributed by atoms with Crippen LogP contribution >= 0.6 is 11.6 Å². The summed E-state index contributed by atoms with van der Waals surface area (Å²) in [6.07, 6.45) is 3.05. The molecule has 4 aromatic rings. The number of hydrogen-bond acceptors (Lipinski definition) is 9. The molecule has 1 aromatic heterocycles. The number of rotatable bonds is 12. The van der Waals surface area contributed by atoms with E-state index >= 15 is 0 Å². The molecular weight excluding hydrogens is 610 g/mol. The van der Waals surface area contributed by atoms with E-state index in [2.05, 4.69) is 22.4 Å². The number of carboxylic acids is 1. The second-order valence-corrected chi connectivity index (χ2v) is 11.6. The first-order valence-electron chi connectivity index (χ1n) is 14.6. The molecule has 11 heteroatoms. The lowest BCUT2D eigenvalue weighted by molar-refractivity contribution is -0.145. The lowest BCUT2D eigenvalue weighted by atomic mass is 9.93. The monoisotopic (exact) mass is 643 g/mol. The number of nitriles is 1. The number of nitrogens with one attached hydrogen (secondary N) is 1. The van der Waals surface area contributed by atoms with Crippen LogP contribution < -0.4 is 24.3 Å². The first-order chi connectivity index (χ1) is 22.1. The van der Waals surface area contributed by atoms with Crippen LogP contribution in [0.15, 0.2) is 60.9 Å². The SMILES string of the molecule is Cc1c(COc2cc(OCc3cncc(C#N)c3)c(CN[C@@](C)(CO)C(=O)O)cc2Cl)cccc1-c1ccc2c(c1C)OCCO2. The van der Waals surface area contributed by atoms with Crippen molar-refractivity contribution in [3.05, 3.63) is 99.3 Å². The average Bonchev–Trinajstić information content (AvgIpc) is 3.07. The number of fused-ring (bicyclic) bond motifs is 1. The Morgan fingerprint density at radius 3 is 2.54 bits per heavy atom. The number of aromatic nitrogens is 1. The molecule has 0 spiro atoms. The van der Waals surface area contributed by atoms with Crippen molar-refractivity contribution in [3.8, 4) is 40.2 Å². The van der Waals surface area contributed by atoms with Gasteiger partial charge in [0, 0.05) is 41.7 Å². The Bertz CT molecular complexity index is 1810. The smallest absolute Gasteiger partial charge is 0.326 e. The molecule has 2 heterocycles. The summed E-state index contributed by atoms with van der Waals surface area (Å²) in [5.74, 6) is 1.06. The van der Waals surface area contributed by atoms with E-state index in [1.165, 1.54) is 13.1 Å². The predicted molar refractivity (Wildman–Crippen MR) is 171 cm³/mol. The van der Waals surface area contributed by atoms with Gasteiger partial charge in [-0.1, -0.05) is 35.9 Å². The van der Waals surface area contributed by atoms with Crippen LogP contribution in [0.3, 0.4) is 0 Å². The Labute approximate surface area is 272 Å². The Morgan fingerprint density at radius 1 is 1.02 bits per heavy atom. The van der Waals surface area contributed by atoms with Gasteiger partial charge in [-0.2, -0.15) is 5.26 Å². The molecule has 0 bridgehead atoms. The minimum Gasteiger partial charge on any atom is -0.488 e. The first-order valence-corrected chi connectivity index (χ1v) is 15.0. The molecule has 10 nitrogen and oxygen atoms in total. The van der Waals surface area contributed by atoms with Gasteiger partial charge in [0.05, 0.1) is 17.2 Å². The summed E-state index contributed by atoms with van der Waals surface area (Å²) in [6.45, 7) is 6.20. The van der Waals surface area contributed by atoms with Gasteiger partial charge in [0.25, 0.3) is 0 Å². The average molecular weight is 644 g/mol. The van der Waals surface area contributed by atoms with E-state index < -0.39 is 18.1 Å². The van der Waals surface area contributed by atoms with E-state index in [1.54, 1.807) is 24.4 Å². The number of halogens is 1. The summed E-state index contributed by atoms with van der Waals surface area (Å²) in [5.41, 5.74) is 5.12. The van der Waals surface area contributed by atoms with Crippen molar-refractivity contribution in [1.82, 2.24) is 10.3 Å². The van der Waals surface area contributed by atoms with Crippen LogP contribution in [0.1, 0.15) is 40.3 Å². The maximum absolute atomic E-state index is 11.7. The van der Waals surface area contributed by atoms with Gasteiger partial charge in [-0.25, -0.2) is 0 Å². The fraction of sp³-hybridized carbons (Fsp3) is 0.286. The minimum atomic E-state index is -1.58. The van der Waals surface area contributed by atoms with Crippen molar-refractivity contribution in [1.29, 1.82) is 5.26 Å². The maximum Gasteiger partial charge on any atom is 0.326 e. The highest BCUT2D eigenvalue weighted by Gasteiger charge is 2.32. The summed E-state index contributed by atoms with van der Waals surface area (Å²) < 4.78 is 24.0. The molecule has 0 unspecified atom stereocenters. The third-order valence-corrected chi connectivity index (χ3v) is 8.26. The number of benzene rings is 3. The van der Waals surface area contributed by atoms with E-state index in [0.29, 0.717) is 46.4 Å². The van der Waals surface area contributed by atoms with Crippen LogP contribution in [0.4, 0.5) is 0 Å².